The van der Waals surface area contributed by atoms with Crippen LogP contribution in [0.25, 0.3) is 0 Å². The topological polar surface area (TPSA) is 58.2 Å². The Hall–Kier alpha value is -2.62. The molecule has 0 saturated heterocycles. The van der Waals surface area contributed by atoms with Crippen molar-refractivity contribution in [3.8, 4) is 0 Å². The third-order valence-corrected chi connectivity index (χ3v) is 5.83. The molecule has 0 aromatic heterocycles. The summed E-state index contributed by atoms with van der Waals surface area (Å²) in [5.74, 6) is -1.07. The number of aryl methyl sites for hydroxylation is 1. The van der Waals surface area contributed by atoms with Crippen molar-refractivity contribution in [1.82, 2.24) is 10.6 Å². The van der Waals surface area contributed by atoms with Gasteiger partial charge < -0.3 is 10.6 Å². The highest BCUT2D eigenvalue weighted by Gasteiger charge is 2.36. The highest BCUT2D eigenvalue weighted by molar-refractivity contribution is 6.35. The highest BCUT2D eigenvalue weighted by Crippen LogP contribution is 2.40. The average Bonchev–Trinajstić information content (AvgIpc) is 3.22. The van der Waals surface area contributed by atoms with Gasteiger partial charge in [-0.05, 0) is 43.7 Å². The SMILES string of the molecule is C[C@H](CCc1ccccc1)NC(=O)C(=O)NCC1(c2ccccc2)CCCC1. The molecule has 0 radical (unpaired) electrons. The zero-order valence-electron chi connectivity index (χ0n) is 16.6. The third-order valence-electron chi connectivity index (χ3n) is 5.83. The molecule has 0 heterocycles. The minimum absolute atomic E-state index is 0.0455. The van der Waals surface area contributed by atoms with E-state index in [2.05, 4.69) is 34.9 Å². The smallest absolute Gasteiger partial charge is 0.309 e. The van der Waals surface area contributed by atoms with E-state index in [1.165, 1.54) is 11.1 Å². The van der Waals surface area contributed by atoms with Crippen molar-refractivity contribution in [2.45, 2.75) is 56.9 Å². The van der Waals surface area contributed by atoms with Gasteiger partial charge in [0.1, 0.15) is 0 Å². The lowest BCUT2D eigenvalue weighted by molar-refractivity contribution is -0.139. The molecular weight excluding hydrogens is 348 g/mol. The van der Waals surface area contributed by atoms with E-state index in [0.29, 0.717) is 6.54 Å². The van der Waals surface area contributed by atoms with Crippen LogP contribution in [0.2, 0.25) is 0 Å². The fourth-order valence-corrected chi connectivity index (χ4v) is 4.13. The maximum Gasteiger partial charge on any atom is 0.309 e. The molecule has 2 N–H and O–H groups in total. The number of rotatable bonds is 7. The summed E-state index contributed by atoms with van der Waals surface area (Å²) < 4.78 is 0. The molecule has 4 heteroatoms. The van der Waals surface area contributed by atoms with Crippen LogP contribution in [-0.2, 0) is 21.4 Å². The summed E-state index contributed by atoms with van der Waals surface area (Å²) in [5, 5.41) is 5.72. The van der Waals surface area contributed by atoms with E-state index in [1.54, 1.807) is 0 Å². The van der Waals surface area contributed by atoms with E-state index in [9.17, 15) is 9.59 Å². The Morgan fingerprint density at radius 2 is 1.54 bits per heavy atom. The van der Waals surface area contributed by atoms with Gasteiger partial charge in [-0.1, -0.05) is 73.5 Å². The molecule has 1 aliphatic carbocycles. The Kier molecular flexibility index (Phi) is 6.85. The Balaban J connectivity index is 1.49. The second kappa shape index (κ2) is 9.54. The molecule has 1 fully saturated rings. The Labute approximate surface area is 167 Å². The van der Waals surface area contributed by atoms with E-state index in [0.717, 1.165) is 38.5 Å². The van der Waals surface area contributed by atoms with E-state index in [1.807, 2.05) is 43.3 Å². The summed E-state index contributed by atoms with van der Waals surface area (Å²) in [6.45, 7) is 2.46. The molecule has 0 spiro atoms. The van der Waals surface area contributed by atoms with Crippen molar-refractivity contribution >= 4 is 11.8 Å². The molecule has 0 bridgehead atoms. The van der Waals surface area contributed by atoms with Gasteiger partial charge in [0.25, 0.3) is 0 Å². The number of nitrogens with one attached hydrogen (secondary N) is 2. The van der Waals surface area contributed by atoms with Crippen molar-refractivity contribution in [3.63, 3.8) is 0 Å². The maximum absolute atomic E-state index is 12.4. The van der Waals surface area contributed by atoms with Gasteiger partial charge in [0, 0.05) is 18.0 Å². The molecule has 148 valence electrons. The minimum Gasteiger partial charge on any atom is -0.347 e. The van der Waals surface area contributed by atoms with Crippen molar-refractivity contribution < 1.29 is 9.59 Å². The summed E-state index contributed by atoms with van der Waals surface area (Å²) >= 11 is 0. The molecule has 1 aliphatic rings. The predicted octanol–water partition coefficient (Wildman–Crippen LogP) is 3.75. The molecule has 0 aliphatic heterocycles. The van der Waals surface area contributed by atoms with Crippen LogP contribution >= 0.6 is 0 Å². The van der Waals surface area contributed by atoms with Gasteiger partial charge in [0.05, 0.1) is 0 Å². The Morgan fingerprint density at radius 1 is 0.929 bits per heavy atom. The fraction of sp³-hybridized carbons (Fsp3) is 0.417. The van der Waals surface area contributed by atoms with Crippen LogP contribution in [0, 0.1) is 0 Å². The number of carbonyl (C=O) groups excluding carboxylic acids is 2. The summed E-state index contributed by atoms with van der Waals surface area (Å²) in [5.41, 5.74) is 2.44. The first-order valence-corrected chi connectivity index (χ1v) is 10.3. The Bertz CT molecular complexity index is 768. The lowest BCUT2D eigenvalue weighted by Gasteiger charge is -2.30. The summed E-state index contributed by atoms with van der Waals surface area (Å²) in [4.78, 5) is 24.6. The van der Waals surface area contributed by atoms with Gasteiger partial charge in [-0.3, -0.25) is 9.59 Å². The lowest BCUT2D eigenvalue weighted by atomic mass is 9.79. The zero-order chi connectivity index (χ0) is 19.8. The first-order valence-electron chi connectivity index (χ1n) is 10.3. The maximum atomic E-state index is 12.4. The average molecular weight is 379 g/mol. The first kappa shape index (κ1) is 20.1. The standard InChI is InChI=1S/C24H30N2O2/c1-19(14-15-20-10-4-2-5-11-20)26-23(28)22(27)25-18-24(16-8-9-17-24)21-12-6-3-7-13-21/h2-7,10-13,19H,8-9,14-18H2,1H3,(H,25,27)(H,26,28)/t19-/m1/s1. The van der Waals surface area contributed by atoms with E-state index < -0.39 is 11.8 Å². The van der Waals surface area contributed by atoms with Crippen LogP contribution in [0.4, 0.5) is 0 Å². The number of amides is 2. The largest absolute Gasteiger partial charge is 0.347 e. The van der Waals surface area contributed by atoms with Crippen LogP contribution in [0.3, 0.4) is 0 Å². The predicted molar refractivity (Wildman–Crippen MR) is 112 cm³/mol. The monoisotopic (exact) mass is 378 g/mol. The second-order valence-corrected chi connectivity index (χ2v) is 7.93. The number of hydrogen-bond donors (Lipinski definition) is 2. The van der Waals surface area contributed by atoms with Crippen molar-refractivity contribution in [1.29, 1.82) is 0 Å². The molecule has 2 aromatic rings. The summed E-state index contributed by atoms with van der Waals surface area (Å²) in [6.07, 6.45) is 6.09. The molecular formula is C24H30N2O2. The number of hydrogen-bond acceptors (Lipinski definition) is 2. The molecule has 4 nitrogen and oxygen atoms in total. The Morgan fingerprint density at radius 3 is 2.18 bits per heavy atom. The van der Waals surface area contributed by atoms with Crippen molar-refractivity contribution in [2.75, 3.05) is 6.54 Å². The van der Waals surface area contributed by atoms with Gasteiger partial charge in [0.2, 0.25) is 0 Å². The third kappa shape index (κ3) is 5.22. The summed E-state index contributed by atoms with van der Waals surface area (Å²) in [7, 11) is 0. The van der Waals surface area contributed by atoms with Gasteiger partial charge in [-0.25, -0.2) is 0 Å². The van der Waals surface area contributed by atoms with E-state index in [4.69, 9.17) is 0 Å². The molecule has 3 rings (SSSR count). The van der Waals surface area contributed by atoms with Gasteiger partial charge in [-0.2, -0.15) is 0 Å². The molecule has 0 unspecified atom stereocenters. The molecule has 1 atom stereocenters. The minimum atomic E-state index is -0.540. The fourth-order valence-electron chi connectivity index (χ4n) is 4.13. The van der Waals surface area contributed by atoms with Gasteiger partial charge in [-0.15, -0.1) is 0 Å². The van der Waals surface area contributed by atoms with Crippen LogP contribution in [0.1, 0.15) is 50.2 Å². The normalized spacial score (nSPS) is 16.3. The lowest BCUT2D eigenvalue weighted by Crippen LogP contribution is -2.47. The summed E-state index contributed by atoms with van der Waals surface area (Å²) in [6, 6.07) is 20.5. The van der Waals surface area contributed by atoms with E-state index in [-0.39, 0.29) is 11.5 Å². The zero-order valence-corrected chi connectivity index (χ0v) is 16.6. The number of benzene rings is 2. The van der Waals surface area contributed by atoms with Gasteiger partial charge in [0.15, 0.2) is 0 Å². The highest BCUT2D eigenvalue weighted by atomic mass is 16.2. The van der Waals surface area contributed by atoms with Crippen molar-refractivity contribution in [3.05, 3.63) is 71.8 Å². The van der Waals surface area contributed by atoms with Crippen molar-refractivity contribution in [2.24, 2.45) is 0 Å². The molecule has 28 heavy (non-hydrogen) atoms. The van der Waals surface area contributed by atoms with E-state index >= 15 is 0 Å². The van der Waals surface area contributed by atoms with Crippen LogP contribution in [0.5, 0.6) is 0 Å². The quantitative estimate of drug-likeness (QED) is 0.721. The van der Waals surface area contributed by atoms with Gasteiger partial charge >= 0.3 is 11.8 Å². The van der Waals surface area contributed by atoms with Crippen LogP contribution in [-0.4, -0.2) is 24.4 Å². The second-order valence-electron chi connectivity index (χ2n) is 7.93. The number of carbonyl (C=O) groups is 2. The molecule has 2 amide bonds. The molecule has 1 saturated carbocycles. The van der Waals surface area contributed by atoms with Crippen LogP contribution < -0.4 is 10.6 Å². The van der Waals surface area contributed by atoms with Crippen LogP contribution in [0.15, 0.2) is 60.7 Å². The first-order chi connectivity index (χ1) is 13.6. The molecule has 2 aromatic carbocycles.